The molecule has 5 rings (SSSR count). The van der Waals surface area contributed by atoms with Crippen LogP contribution < -0.4 is 10.9 Å². The van der Waals surface area contributed by atoms with E-state index in [0.29, 0.717) is 22.1 Å². The summed E-state index contributed by atoms with van der Waals surface area (Å²) in [6, 6.07) is 18.2. The Morgan fingerprint density at radius 2 is 0.769 bits per heavy atom. The minimum Gasteiger partial charge on any atom is -0.355 e. The van der Waals surface area contributed by atoms with Crippen molar-refractivity contribution in [2.24, 2.45) is 0 Å². The van der Waals surface area contributed by atoms with Crippen LogP contribution in [0.2, 0.25) is 0 Å². The maximum atomic E-state index is 12.6. The zero-order valence-electron chi connectivity index (χ0n) is 13.6. The van der Waals surface area contributed by atoms with Gasteiger partial charge in [-0.3, -0.25) is 9.59 Å². The summed E-state index contributed by atoms with van der Waals surface area (Å²) in [7, 11) is 0. The molecule has 8 bridgehead atoms. The summed E-state index contributed by atoms with van der Waals surface area (Å²) in [6.45, 7) is 0. The highest BCUT2D eigenvalue weighted by Crippen LogP contribution is 2.10. The average Bonchev–Trinajstić information content (AvgIpc) is 3.41. The van der Waals surface area contributed by atoms with Crippen LogP contribution in [0.25, 0.3) is 44.1 Å². The molecule has 26 heavy (non-hydrogen) atoms. The molecule has 4 N–H and O–H groups in total. The molecule has 0 spiro atoms. The maximum absolute atomic E-state index is 12.6. The fourth-order valence-corrected chi connectivity index (χ4v) is 3.14. The molecule has 0 radical (unpaired) electrons. The number of nitrogens with one attached hydrogen (secondary N) is 4. The molecule has 0 atom stereocenters. The van der Waals surface area contributed by atoms with Crippen LogP contribution in [0.4, 0.5) is 0 Å². The molecule has 5 aromatic rings. The van der Waals surface area contributed by atoms with Gasteiger partial charge in [-0.25, -0.2) is 0 Å². The van der Waals surface area contributed by atoms with Gasteiger partial charge in [-0.2, -0.15) is 0 Å². The number of aromatic amines is 4. The molecule has 0 fully saturated rings. The predicted molar refractivity (Wildman–Crippen MR) is 104 cm³/mol. The largest absolute Gasteiger partial charge is 0.355 e. The quantitative estimate of drug-likeness (QED) is 0.347. The Labute approximate surface area is 145 Å². The monoisotopic (exact) mass is 342 g/mol. The molecule has 126 valence electrons. The van der Waals surface area contributed by atoms with Crippen LogP contribution in [0.5, 0.6) is 0 Å². The Balaban J connectivity index is 1.99. The molecule has 5 aromatic heterocycles. The predicted octanol–water partition coefficient (Wildman–Crippen LogP) is 3.46. The summed E-state index contributed by atoms with van der Waals surface area (Å²) in [5.41, 5.74) is 4.74. The van der Waals surface area contributed by atoms with E-state index < -0.39 is 0 Å². The lowest BCUT2D eigenvalue weighted by Crippen LogP contribution is -2.01. The molecule has 0 amide bonds. The van der Waals surface area contributed by atoms with E-state index >= 15 is 0 Å². The molecule has 0 aromatic carbocycles. The number of aromatic nitrogens is 4. The number of rotatable bonds is 0. The van der Waals surface area contributed by atoms with Gasteiger partial charge in [-0.05, 0) is 60.7 Å². The van der Waals surface area contributed by atoms with Crippen molar-refractivity contribution in [3.8, 4) is 0 Å². The minimum absolute atomic E-state index is 0.191. The normalized spacial score (nSPS) is 11.4. The average molecular weight is 342 g/mol. The standard InChI is InChI=1S/C20H14N4O2/c25-19-15-5-3-13(22-15)9-11-1-2-12(21-11)10-14-4-6-16(23-14)20(26)18-8-7-17(19)24-18/h1-10,21-24H. The Morgan fingerprint density at radius 3 is 1.27 bits per heavy atom. The van der Waals surface area contributed by atoms with Gasteiger partial charge in [0.25, 0.3) is 0 Å². The third kappa shape index (κ3) is 2.36. The molecule has 5 heterocycles. The van der Waals surface area contributed by atoms with Gasteiger partial charge in [0.2, 0.25) is 10.9 Å². The molecule has 6 nitrogen and oxygen atoms in total. The van der Waals surface area contributed by atoms with Crippen LogP contribution in [0.1, 0.15) is 0 Å². The Hall–Kier alpha value is -3.80. The highest BCUT2D eigenvalue weighted by Gasteiger charge is 2.01. The van der Waals surface area contributed by atoms with Crippen molar-refractivity contribution in [2.45, 2.75) is 0 Å². The second-order valence-corrected chi connectivity index (χ2v) is 6.26. The highest BCUT2D eigenvalue weighted by atomic mass is 16.1. The SMILES string of the molecule is O=c1c2ccc(cc3ccc(cc4ccc([nH]4)c(=O)c4ccc1[nH]4)[nH]3)[nH]2. The van der Waals surface area contributed by atoms with E-state index in [1.807, 2.05) is 36.4 Å². The third-order valence-corrected chi connectivity index (χ3v) is 4.43. The smallest absolute Gasteiger partial charge is 0.225 e. The van der Waals surface area contributed by atoms with Crippen LogP contribution in [0.15, 0.2) is 70.3 Å². The highest BCUT2D eigenvalue weighted by molar-refractivity contribution is 5.74. The Morgan fingerprint density at radius 1 is 0.423 bits per heavy atom. The van der Waals surface area contributed by atoms with Gasteiger partial charge < -0.3 is 19.9 Å². The molecular formula is C20H14N4O2. The van der Waals surface area contributed by atoms with E-state index in [9.17, 15) is 9.59 Å². The summed E-state index contributed by atoms with van der Waals surface area (Å²) < 4.78 is 0. The van der Waals surface area contributed by atoms with Crippen molar-refractivity contribution in [3.05, 3.63) is 81.1 Å². The third-order valence-electron chi connectivity index (χ3n) is 4.43. The van der Waals surface area contributed by atoms with Crippen LogP contribution in [0, 0.1) is 0 Å². The van der Waals surface area contributed by atoms with Gasteiger partial charge in [0.15, 0.2) is 0 Å². The fourth-order valence-electron chi connectivity index (χ4n) is 3.14. The van der Waals surface area contributed by atoms with Crippen LogP contribution in [-0.2, 0) is 0 Å². The Bertz CT molecular complexity index is 1370. The summed E-state index contributed by atoms with van der Waals surface area (Å²) in [6.07, 6.45) is 0. The first-order chi connectivity index (χ1) is 12.7. The van der Waals surface area contributed by atoms with Gasteiger partial charge in [0.05, 0.1) is 22.1 Å². The van der Waals surface area contributed by atoms with Gasteiger partial charge in [-0.1, -0.05) is 0 Å². The number of hydrogen-bond donors (Lipinski definition) is 4. The molecule has 0 saturated heterocycles. The van der Waals surface area contributed by atoms with Crippen LogP contribution in [-0.4, -0.2) is 19.9 Å². The molecule has 0 unspecified atom stereocenters. The summed E-state index contributed by atoms with van der Waals surface area (Å²) >= 11 is 0. The topological polar surface area (TPSA) is 97.3 Å². The second-order valence-electron chi connectivity index (χ2n) is 6.26. The first-order valence-electron chi connectivity index (χ1n) is 8.21. The summed E-state index contributed by atoms with van der Waals surface area (Å²) in [5.74, 6) is 0. The van der Waals surface area contributed by atoms with Crippen molar-refractivity contribution in [1.29, 1.82) is 0 Å². The number of hydrogen-bond acceptors (Lipinski definition) is 2. The lowest BCUT2D eigenvalue weighted by Gasteiger charge is -1.84. The maximum Gasteiger partial charge on any atom is 0.225 e. The zero-order chi connectivity index (χ0) is 17.7. The van der Waals surface area contributed by atoms with Crippen molar-refractivity contribution < 1.29 is 0 Å². The molecule has 0 aliphatic carbocycles. The van der Waals surface area contributed by atoms with Crippen LogP contribution in [0.3, 0.4) is 0 Å². The molecule has 6 heteroatoms. The number of fused-ring (bicyclic) bond motifs is 8. The van der Waals surface area contributed by atoms with E-state index in [1.165, 1.54) is 0 Å². The molecule has 0 aliphatic rings. The van der Waals surface area contributed by atoms with E-state index in [1.54, 1.807) is 24.3 Å². The van der Waals surface area contributed by atoms with Crippen molar-refractivity contribution >= 4 is 44.1 Å². The molecular weight excluding hydrogens is 328 g/mol. The van der Waals surface area contributed by atoms with E-state index in [-0.39, 0.29) is 10.9 Å². The van der Waals surface area contributed by atoms with E-state index in [0.717, 1.165) is 22.1 Å². The second kappa shape index (κ2) is 5.35. The van der Waals surface area contributed by atoms with Crippen molar-refractivity contribution in [1.82, 2.24) is 19.9 Å². The molecule has 0 saturated carbocycles. The fraction of sp³-hybridized carbons (Fsp3) is 0. The Kier molecular flexibility index (Phi) is 2.99. The van der Waals surface area contributed by atoms with Crippen LogP contribution >= 0.6 is 0 Å². The summed E-state index contributed by atoms with van der Waals surface area (Å²) in [5, 5.41) is 0. The van der Waals surface area contributed by atoms with Gasteiger partial charge >= 0.3 is 0 Å². The first kappa shape index (κ1) is 14.5. The van der Waals surface area contributed by atoms with E-state index in [2.05, 4.69) is 19.9 Å². The van der Waals surface area contributed by atoms with Gasteiger partial charge in [0.1, 0.15) is 0 Å². The van der Waals surface area contributed by atoms with E-state index in [4.69, 9.17) is 0 Å². The minimum atomic E-state index is -0.191. The summed E-state index contributed by atoms with van der Waals surface area (Å²) in [4.78, 5) is 37.7. The lowest BCUT2D eigenvalue weighted by atomic mass is 10.4. The molecule has 0 aliphatic heterocycles. The zero-order valence-corrected chi connectivity index (χ0v) is 13.6. The van der Waals surface area contributed by atoms with Gasteiger partial charge in [0, 0.05) is 22.1 Å². The van der Waals surface area contributed by atoms with Gasteiger partial charge in [-0.15, -0.1) is 0 Å². The lowest BCUT2D eigenvalue weighted by molar-refractivity contribution is 1.45. The van der Waals surface area contributed by atoms with Crippen molar-refractivity contribution in [3.63, 3.8) is 0 Å². The van der Waals surface area contributed by atoms with Crippen molar-refractivity contribution in [2.75, 3.05) is 0 Å². The first-order valence-corrected chi connectivity index (χ1v) is 8.21. The number of H-pyrrole nitrogens is 4.